The zero-order chi connectivity index (χ0) is 17.5. The highest BCUT2D eigenvalue weighted by molar-refractivity contribution is 5.85. The molecule has 1 fully saturated rings. The number of hydrogen-bond acceptors (Lipinski definition) is 1. The van der Waals surface area contributed by atoms with Crippen molar-refractivity contribution in [3.8, 4) is 0 Å². The molecule has 5 rings (SSSR count). The maximum absolute atomic E-state index is 3.82. The van der Waals surface area contributed by atoms with Crippen LogP contribution in [0.25, 0.3) is 10.9 Å². The Morgan fingerprint density at radius 3 is 2.38 bits per heavy atom. The van der Waals surface area contributed by atoms with E-state index in [1.807, 2.05) is 0 Å². The minimum atomic E-state index is 0.265. The third-order valence-electron chi connectivity index (χ3n) is 6.44. The van der Waals surface area contributed by atoms with Gasteiger partial charge in [-0.2, -0.15) is 0 Å². The smallest absolute Gasteiger partial charge is 0.0734 e. The molecule has 1 aromatic heterocycles. The molecule has 0 saturated heterocycles. The van der Waals surface area contributed by atoms with E-state index in [4.69, 9.17) is 0 Å². The first-order valence-corrected chi connectivity index (χ1v) is 10.2. The highest BCUT2D eigenvalue weighted by atomic mass is 15.0. The van der Waals surface area contributed by atoms with Crippen molar-refractivity contribution < 1.29 is 0 Å². The zero-order valence-electron chi connectivity index (χ0n) is 15.6. The molecule has 2 aliphatic rings. The lowest BCUT2D eigenvalue weighted by atomic mass is 9.83. The van der Waals surface area contributed by atoms with Crippen LogP contribution in [-0.2, 0) is 6.42 Å². The number of para-hydroxylation sites is 1. The lowest BCUT2D eigenvalue weighted by molar-refractivity contribution is 0.442. The van der Waals surface area contributed by atoms with Gasteiger partial charge in [0.25, 0.3) is 0 Å². The lowest BCUT2D eigenvalue weighted by Crippen LogP contribution is -2.37. The average Bonchev–Trinajstić information content (AvgIpc) is 3.07. The molecule has 2 aromatic carbocycles. The predicted molar refractivity (Wildman–Crippen MR) is 109 cm³/mol. The standard InChI is InChI=1S/C24H28N2/c1-16-15-21-20-9-5-6-10-22(20)26-24(21)23(25-16)19-13-11-18(12-14-19)17-7-3-2-4-8-17/h5-6,9-14,16-17,23,25-26H,2-4,7-8,15H2,1H3/t16-,23-/m0/s1. The third-order valence-corrected chi connectivity index (χ3v) is 6.44. The third kappa shape index (κ3) is 2.77. The minimum Gasteiger partial charge on any atom is -0.357 e. The molecule has 1 saturated carbocycles. The van der Waals surface area contributed by atoms with Crippen LogP contribution >= 0.6 is 0 Å². The van der Waals surface area contributed by atoms with E-state index in [2.05, 4.69) is 65.8 Å². The van der Waals surface area contributed by atoms with Crippen LogP contribution in [0.2, 0.25) is 0 Å². The summed E-state index contributed by atoms with van der Waals surface area (Å²) >= 11 is 0. The van der Waals surface area contributed by atoms with E-state index in [9.17, 15) is 0 Å². The predicted octanol–water partition coefficient (Wildman–Crippen LogP) is 5.84. The van der Waals surface area contributed by atoms with Crippen molar-refractivity contribution in [1.29, 1.82) is 0 Å². The van der Waals surface area contributed by atoms with Crippen LogP contribution in [0.4, 0.5) is 0 Å². The summed E-state index contributed by atoms with van der Waals surface area (Å²) in [6, 6.07) is 19.0. The van der Waals surface area contributed by atoms with Crippen molar-refractivity contribution in [1.82, 2.24) is 10.3 Å². The Bertz CT molecular complexity index is 900. The van der Waals surface area contributed by atoms with Gasteiger partial charge in [0.2, 0.25) is 0 Å². The fourth-order valence-corrected chi connectivity index (χ4v) is 5.08. The SMILES string of the molecule is C[C@H]1Cc2c([nH]c3ccccc23)[C@H](c2ccc(C3CCCCC3)cc2)N1. The number of aromatic amines is 1. The molecular formula is C24H28N2. The van der Waals surface area contributed by atoms with E-state index in [1.54, 1.807) is 0 Å². The summed E-state index contributed by atoms with van der Waals surface area (Å²) in [4.78, 5) is 3.70. The van der Waals surface area contributed by atoms with E-state index in [-0.39, 0.29) is 6.04 Å². The molecule has 2 heteroatoms. The van der Waals surface area contributed by atoms with Gasteiger partial charge in [-0.25, -0.2) is 0 Å². The van der Waals surface area contributed by atoms with Crippen molar-refractivity contribution in [2.24, 2.45) is 0 Å². The molecule has 26 heavy (non-hydrogen) atoms. The van der Waals surface area contributed by atoms with Crippen LogP contribution in [0, 0.1) is 0 Å². The van der Waals surface area contributed by atoms with Gasteiger partial charge < -0.3 is 10.3 Å². The van der Waals surface area contributed by atoms with Gasteiger partial charge >= 0.3 is 0 Å². The number of aromatic nitrogens is 1. The molecule has 3 aromatic rings. The topological polar surface area (TPSA) is 27.8 Å². The first-order chi connectivity index (χ1) is 12.8. The van der Waals surface area contributed by atoms with Crippen molar-refractivity contribution in [3.63, 3.8) is 0 Å². The van der Waals surface area contributed by atoms with Gasteiger partial charge in [0, 0.05) is 22.6 Å². The maximum atomic E-state index is 3.82. The molecular weight excluding hydrogens is 316 g/mol. The van der Waals surface area contributed by atoms with Gasteiger partial charge in [-0.15, -0.1) is 0 Å². The molecule has 134 valence electrons. The summed E-state index contributed by atoms with van der Waals surface area (Å²) in [5, 5.41) is 5.21. The van der Waals surface area contributed by atoms with Gasteiger partial charge in [0.15, 0.2) is 0 Å². The average molecular weight is 345 g/mol. The molecule has 2 N–H and O–H groups in total. The molecule has 1 aliphatic carbocycles. The summed E-state index contributed by atoms with van der Waals surface area (Å²) in [7, 11) is 0. The van der Waals surface area contributed by atoms with Crippen LogP contribution < -0.4 is 5.32 Å². The Kier molecular flexibility index (Phi) is 4.09. The molecule has 2 atom stereocenters. The molecule has 0 bridgehead atoms. The number of nitrogens with one attached hydrogen (secondary N) is 2. The summed E-state index contributed by atoms with van der Waals surface area (Å²) in [6.07, 6.45) is 8.03. The molecule has 2 heterocycles. The number of hydrogen-bond donors (Lipinski definition) is 2. The van der Waals surface area contributed by atoms with Crippen LogP contribution in [0.1, 0.15) is 73.4 Å². The molecule has 0 unspecified atom stereocenters. The second-order valence-electron chi connectivity index (χ2n) is 8.27. The Morgan fingerprint density at radius 2 is 1.58 bits per heavy atom. The first kappa shape index (κ1) is 16.1. The van der Waals surface area contributed by atoms with Gasteiger partial charge in [0.1, 0.15) is 0 Å². The lowest BCUT2D eigenvalue weighted by Gasteiger charge is -2.30. The van der Waals surface area contributed by atoms with E-state index in [0.29, 0.717) is 6.04 Å². The summed E-state index contributed by atoms with van der Waals surface area (Å²) in [5.74, 6) is 0.777. The maximum Gasteiger partial charge on any atom is 0.0734 e. The molecule has 0 amide bonds. The van der Waals surface area contributed by atoms with E-state index >= 15 is 0 Å². The van der Waals surface area contributed by atoms with Gasteiger partial charge in [-0.3, -0.25) is 0 Å². The minimum absolute atomic E-state index is 0.265. The second-order valence-corrected chi connectivity index (χ2v) is 8.27. The fraction of sp³-hybridized carbons (Fsp3) is 0.417. The summed E-state index contributed by atoms with van der Waals surface area (Å²) in [5.41, 5.74) is 7.03. The van der Waals surface area contributed by atoms with Gasteiger partial charge in [-0.1, -0.05) is 61.7 Å². The Labute approximate surface area is 156 Å². The molecule has 0 radical (unpaired) electrons. The number of benzene rings is 2. The largest absolute Gasteiger partial charge is 0.357 e. The van der Waals surface area contributed by atoms with Crippen molar-refractivity contribution in [3.05, 3.63) is 70.9 Å². The van der Waals surface area contributed by atoms with Crippen LogP contribution in [0.5, 0.6) is 0 Å². The normalized spacial score (nSPS) is 23.9. The van der Waals surface area contributed by atoms with Crippen LogP contribution in [0.3, 0.4) is 0 Å². The summed E-state index contributed by atoms with van der Waals surface area (Å²) in [6.45, 7) is 2.30. The first-order valence-electron chi connectivity index (χ1n) is 10.2. The van der Waals surface area contributed by atoms with E-state index in [0.717, 1.165) is 12.3 Å². The Balaban J connectivity index is 1.50. The second kappa shape index (κ2) is 6.59. The van der Waals surface area contributed by atoms with Crippen molar-refractivity contribution in [2.45, 2.75) is 63.5 Å². The number of H-pyrrole nitrogens is 1. The Hall–Kier alpha value is -2.06. The molecule has 2 nitrogen and oxygen atoms in total. The monoisotopic (exact) mass is 344 g/mol. The summed E-state index contributed by atoms with van der Waals surface area (Å²) < 4.78 is 0. The van der Waals surface area contributed by atoms with Gasteiger partial charge in [-0.05, 0) is 54.9 Å². The van der Waals surface area contributed by atoms with Crippen molar-refractivity contribution in [2.75, 3.05) is 0 Å². The highest BCUT2D eigenvalue weighted by Crippen LogP contribution is 2.37. The van der Waals surface area contributed by atoms with Crippen molar-refractivity contribution >= 4 is 10.9 Å². The van der Waals surface area contributed by atoms with E-state index < -0.39 is 0 Å². The zero-order valence-corrected chi connectivity index (χ0v) is 15.6. The van der Waals surface area contributed by atoms with Gasteiger partial charge in [0.05, 0.1) is 6.04 Å². The quantitative estimate of drug-likeness (QED) is 0.600. The van der Waals surface area contributed by atoms with Crippen LogP contribution in [-0.4, -0.2) is 11.0 Å². The number of rotatable bonds is 2. The highest BCUT2D eigenvalue weighted by Gasteiger charge is 2.28. The van der Waals surface area contributed by atoms with Crippen LogP contribution in [0.15, 0.2) is 48.5 Å². The molecule has 1 aliphatic heterocycles. The molecule has 0 spiro atoms. The van der Waals surface area contributed by atoms with E-state index in [1.165, 1.54) is 65.4 Å². The fourth-order valence-electron chi connectivity index (χ4n) is 5.08. The number of fused-ring (bicyclic) bond motifs is 3. The Morgan fingerprint density at radius 1 is 0.846 bits per heavy atom.